The summed E-state index contributed by atoms with van der Waals surface area (Å²) in [6.45, 7) is 0. The standard InChI is InChI=1S/2Ce.3S/q2*+3;3*-2. The van der Waals surface area contributed by atoms with Crippen molar-refractivity contribution in [2.45, 2.75) is 0 Å². The van der Waals surface area contributed by atoms with E-state index in [1.807, 2.05) is 0 Å². The third-order valence-electron chi connectivity index (χ3n) is 0. The summed E-state index contributed by atoms with van der Waals surface area (Å²) >= 11 is 0. The van der Waals surface area contributed by atoms with Crippen molar-refractivity contribution in [3.8, 4) is 0 Å². The van der Waals surface area contributed by atoms with E-state index in [0.717, 1.165) is 0 Å². The largest absolute Gasteiger partial charge is 3.00 e. The van der Waals surface area contributed by atoms with Crippen LogP contribution in [0, 0.1) is 83.5 Å². The van der Waals surface area contributed by atoms with Gasteiger partial charge in [-0.3, -0.25) is 0 Å². The summed E-state index contributed by atoms with van der Waals surface area (Å²) < 4.78 is 0. The minimum absolute atomic E-state index is 0. The van der Waals surface area contributed by atoms with Crippen LogP contribution in [0.4, 0.5) is 0 Å². The van der Waals surface area contributed by atoms with E-state index in [9.17, 15) is 0 Å². The zero-order valence-electron chi connectivity index (χ0n) is 2.22. The Morgan fingerprint density at radius 3 is 0.400 bits per heavy atom. The average Bonchev–Trinajstić information content (AvgIpc) is 0. The van der Waals surface area contributed by atoms with Gasteiger partial charge in [-0.05, 0) is 0 Å². The van der Waals surface area contributed by atoms with Gasteiger partial charge in [-0.25, -0.2) is 0 Å². The summed E-state index contributed by atoms with van der Waals surface area (Å²) in [7, 11) is 0. The maximum Gasteiger partial charge on any atom is 3.00 e. The quantitative estimate of drug-likeness (QED) is 0.558. The summed E-state index contributed by atoms with van der Waals surface area (Å²) in [5.41, 5.74) is 0. The normalized spacial score (nSPS) is 0. The molecule has 0 fully saturated rings. The second-order valence-corrected chi connectivity index (χ2v) is 0. The second-order valence-electron chi connectivity index (χ2n) is 0. The van der Waals surface area contributed by atoms with E-state index in [2.05, 4.69) is 0 Å². The molecule has 5 heavy (non-hydrogen) atoms. The molecule has 0 aromatic heterocycles. The predicted octanol–water partition coefficient (Wildman–Crippen LogP) is -0.00720. The van der Waals surface area contributed by atoms with Gasteiger partial charge in [0.25, 0.3) is 0 Å². The zero-order chi connectivity index (χ0) is 0. The molecule has 0 aliphatic heterocycles. The molecular weight excluding hydrogens is 376 g/mol. The average molecular weight is 376 g/mol. The Morgan fingerprint density at radius 1 is 0.400 bits per heavy atom. The molecule has 0 aromatic carbocycles. The monoisotopic (exact) mass is 376 g/mol. The SMILES string of the molecule is [Ce+3].[Ce+3].[S-2].[S-2].[S-2]. The van der Waals surface area contributed by atoms with Crippen LogP contribution in [0.2, 0.25) is 0 Å². The smallest absolute Gasteiger partial charge is 2.00 e. The topological polar surface area (TPSA) is 0 Å². The zero-order valence-corrected chi connectivity index (χ0v) is 11.0. The van der Waals surface area contributed by atoms with Gasteiger partial charge >= 0.3 is 83.5 Å². The molecule has 0 nitrogen and oxygen atoms in total. The molecule has 0 amide bonds. The molecule has 0 aliphatic carbocycles. The van der Waals surface area contributed by atoms with Crippen LogP contribution in [0.15, 0.2) is 0 Å². The fourth-order valence-corrected chi connectivity index (χ4v) is 0. The van der Waals surface area contributed by atoms with Gasteiger partial charge in [0, 0.05) is 0 Å². The van der Waals surface area contributed by atoms with Crippen LogP contribution in [-0.4, -0.2) is 0 Å². The summed E-state index contributed by atoms with van der Waals surface area (Å²) in [5, 5.41) is 0. The Balaban J connectivity index is 0. The molecule has 0 saturated heterocycles. The van der Waals surface area contributed by atoms with E-state index < -0.39 is 0 Å². The summed E-state index contributed by atoms with van der Waals surface area (Å²) in [6.07, 6.45) is 0. The van der Waals surface area contributed by atoms with Crippen LogP contribution >= 0.6 is 0 Å². The van der Waals surface area contributed by atoms with Crippen molar-refractivity contribution < 1.29 is 83.5 Å². The van der Waals surface area contributed by atoms with Gasteiger partial charge < -0.3 is 40.5 Å². The van der Waals surface area contributed by atoms with Crippen molar-refractivity contribution in [1.29, 1.82) is 0 Å². The molecule has 0 rings (SSSR count). The number of hydrogen-bond acceptors (Lipinski definition) is 0. The molecule has 26 valence electrons. The first-order chi connectivity index (χ1) is 0. The van der Waals surface area contributed by atoms with Gasteiger partial charge in [0.1, 0.15) is 0 Å². The van der Waals surface area contributed by atoms with Crippen LogP contribution in [0.25, 0.3) is 0 Å². The van der Waals surface area contributed by atoms with E-state index in [1.165, 1.54) is 0 Å². The molecule has 0 aliphatic rings. The molecular formula is Ce2S3. The number of hydrogen-bond donors (Lipinski definition) is 0. The Bertz CT molecular complexity index is 4.85. The molecule has 0 unspecified atom stereocenters. The first-order valence-electron chi connectivity index (χ1n) is 0. The van der Waals surface area contributed by atoms with Crippen LogP contribution in [0.3, 0.4) is 0 Å². The molecule has 5 heteroatoms. The van der Waals surface area contributed by atoms with Gasteiger partial charge in [-0.2, -0.15) is 0 Å². The van der Waals surface area contributed by atoms with E-state index in [0.29, 0.717) is 0 Å². The summed E-state index contributed by atoms with van der Waals surface area (Å²) in [6, 6.07) is 0. The molecule has 0 spiro atoms. The Kier molecular flexibility index (Phi) is 185. The fourth-order valence-electron chi connectivity index (χ4n) is 0. The molecule has 0 saturated carbocycles. The van der Waals surface area contributed by atoms with Crippen LogP contribution < -0.4 is 0 Å². The van der Waals surface area contributed by atoms with Crippen molar-refractivity contribution >= 4 is 40.5 Å². The van der Waals surface area contributed by atoms with E-state index in [-0.39, 0.29) is 124 Å². The van der Waals surface area contributed by atoms with Crippen molar-refractivity contribution in [3.05, 3.63) is 0 Å². The fraction of sp³-hybridized carbons (Fsp3) is 0. The van der Waals surface area contributed by atoms with Crippen LogP contribution in [-0.2, 0) is 40.5 Å². The molecule has 2 radical (unpaired) electrons. The van der Waals surface area contributed by atoms with Crippen molar-refractivity contribution in [2.24, 2.45) is 0 Å². The molecule has 0 heterocycles. The van der Waals surface area contributed by atoms with E-state index in [1.54, 1.807) is 0 Å². The Labute approximate surface area is 121 Å². The van der Waals surface area contributed by atoms with Crippen LogP contribution in [0.5, 0.6) is 0 Å². The third-order valence-corrected chi connectivity index (χ3v) is 0. The minimum Gasteiger partial charge on any atom is -2.00 e. The molecule has 0 bridgehead atoms. The van der Waals surface area contributed by atoms with Crippen molar-refractivity contribution in [2.75, 3.05) is 0 Å². The van der Waals surface area contributed by atoms with Gasteiger partial charge in [0.05, 0.1) is 0 Å². The van der Waals surface area contributed by atoms with Gasteiger partial charge in [0.15, 0.2) is 0 Å². The Hall–Kier alpha value is 3.80. The van der Waals surface area contributed by atoms with Crippen molar-refractivity contribution in [1.82, 2.24) is 0 Å². The van der Waals surface area contributed by atoms with Gasteiger partial charge in [0.2, 0.25) is 0 Å². The summed E-state index contributed by atoms with van der Waals surface area (Å²) in [5.74, 6) is 0. The van der Waals surface area contributed by atoms with Gasteiger partial charge in [-0.15, -0.1) is 0 Å². The van der Waals surface area contributed by atoms with E-state index in [4.69, 9.17) is 0 Å². The molecule has 0 atom stereocenters. The second kappa shape index (κ2) is 25.0. The molecule has 0 N–H and O–H groups in total. The third kappa shape index (κ3) is 18.2. The first kappa shape index (κ1) is 37.1. The molecule has 0 aromatic rings. The predicted molar refractivity (Wildman–Crippen MR) is 22.1 cm³/mol. The van der Waals surface area contributed by atoms with Crippen LogP contribution in [0.1, 0.15) is 0 Å². The number of rotatable bonds is 0. The summed E-state index contributed by atoms with van der Waals surface area (Å²) in [4.78, 5) is 0. The van der Waals surface area contributed by atoms with Gasteiger partial charge in [-0.1, -0.05) is 0 Å². The first-order valence-corrected chi connectivity index (χ1v) is 0. The Morgan fingerprint density at radius 2 is 0.400 bits per heavy atom. The maximum atomic E-state index is 0. The van der Waals surface area contributed by atoms with E-state index >= 15 is 0 Å². The van der Waals surface area contributed by atoms with Crippen molar-refractivity contribution in [3.63, 3.8) is 0 Å². The maximum absolute atomic E-state index is 0. The minimum atomic E-state index is 0.